The summed E-state index contributed by atoms with van der Waals surface area (Å²) in [6.07, 6.45) is 3.60. The van der Waals surface area contributed by atoms with Gasteiger partial charge in [0.15, 0.2) is 5.13 Å². The van der Waals surface area contributed by atoms with E-state index < -0.39 is 0 Å². The van der Waals surface area contributed by atoms with Gasteiger partial charge in [0.05, 0.1) is 10.8 Å². The fourth-order valence-corrected chi connectivity index (χ4v) is 2.83. The first-order chi connectivity index (χ1) is 8.20. The van der Waals surface area contributed by atoms with Gasteiger partial charge in [-0.05, 0) is 11.6 Å². The minimum atomic E-state index is 0.400. The molecule has 0 amide bonds. The Morgan fingerprint density at radius 2 is 2.29 bits per heavy atom. The third-order valence-electron chi connectivity index (χ3n) is 2.23. The minimum Gasteiger partial charge on any atom is -0.347 e. The second kappa shape index (κ2) is 5.67. The number of aromatic nitrogens is 2. The van der Waals surface area contributed by atoms with Crippen molar-refractivity contribution in [3.63, 3.8) is 0 Å². The summed E-state index contributed by atoms with van der Waals surface area (Å²) in [7, 11) is 1.97. The van der Waals surface area contributed by atoms with E-state index in [1.54, 1.807) is 6.20 Å². The van der Waals surface area contributed by atoms with Crippen molar-refractivity contribution in [1.29, 1.82) is 0 Å². The number of pyridine rings is 1. The Balaban J connectivity index is 2.12. The topological polar surface area (TPSA) is 29.0 Å². The highest BCUT2D eigenvalue weighted by Gasteiger charge is 2.12. The second-order valence-electron chi connectivity index (χ2n) is 3.56. The van der Waals surface area contributed by atoms with Gasteiger partial charge in [0.25, 0.3) is 0 Å². The average Bonchev–Trinajstić information content (AvgIpc) is 2.72. The Hall–Kier alpha value is -0.840. The number of hydrogen-bond acceptors (Lipinski definition) is 4. The van der Waals surface area contributed by atoms with Crippen molar-refractivity contribution in [1.82, 2.24) is 9.97 Å². The lowest BCUT2D eigenvalue weighted by Crippen LogP contribution is -2.15. The molecule has 0 unspecified atom stereocenters. The molecule has 0 N–H and O–H groups in total. The van der Waals surface area contributed by atoms with Gasteiger partial charge in [-0.25, -0.2) is 4.98 Å². The summed E-state index contributed by atoms with van der Waals surface area (Å²) in [5, 5.41) is 1.37. The molecule has 0 radical (unpaired) electrons. The van der Waals surface area contributed by atoms with Crippen LogP contribution in [0.2, 0.25) is 5.15 Å². The van der Waals surface area contributed by atoms with E-state index in [0.29, 0.717) is 11.0 Å². The maximum Gasteiger partial charge on any atom is 0.187 e. The summed E-state index contributed by atoms with van der Waals surface area (Å²) >= 11 is 13.3. The fourth-order valence-electron chi connectivity index (χ4n) is 1.40. The number of nitrogens with zero attached hydrogens (tertiary/aromatic N) is 3. The summed E-state index contributed by atoms with van der Waals surface area (Å²) in [4.78, 5) is 11.3. The van der Waals surface area contributed by atoms with E-state index in [4.69, 9.17) is 23.2 Å². The lowest BCUT2D eigenvalue weighted by atomic mass is 10.3. The quantitative estimate of drug-likeness (QED) is 0.805. The van der Waals surface area contributed by atoms with Crippen LogP contribution < -0.4 is 4.90 Å². The van der Waals surface area contributed by atoms with Gasteiger partial charge in [0, 0.05) is 26.0 Å². The third-order valence-corrected chi connectivity index (χ3v) is 4.25. The predicted octanol–water partition coefficient (Wildman–Crippen LogP) is 3.57. The Bertz CT molecular complexity index is 487. The molecule has 0 aromatic carbocycles. The maximum absolute atomic E-state index is 5.97. The van der Waals surface area contributed by atoms with Gasteiger partial charge in [-0.3, -0.25) is 4.98 Å². The first-order valence-electron chi connectivity index (χ1n) is 5.02. The number of halogens is 2. The zero-order valence-corrected chi connectivity index (χ0v) is 11.6. The van der Waals surface area contributed by atoms with Crippen molar-refractivity contribution in [2.75, 3.05) is 11.9 Å². The van der Waals surface area contributed by atoms with E-state index >= 15 is 0 Å². The lowest BCUT2D eigenvalue weighted by Gasteiger charge is -2.14. The summed E-state index contributed by atoms with van der Waals surface area (Å²) in [5.74, 6) is 0.400. The van der Waals surface area contributed by atoms with Crippen LogP contribution in [0.25, 0.3) is 0 Å². The highest BCUT2D eigenvalue weighted by atomic mass is 35.5. The zero-order chi connectivity index (χ0) is 12.3. The highest BCUT2D eigenvalue weighted by Crippen LogP contribution is 2.30. The molecule has 0 aliphatic carbocycles. The number of thiazole rings is 1. The van der Waals surface area contributed by atoms with Gasteiger partial charge in [-0.15, -0.1) is 11.6 Å². The molecule has 2 aromatic rings. The van der Waals surface area contributed by atoms with Crippen LogP contribution in [-0.4, -0.2) is 17.0 Å². The van der Waals surface area contributed by atoms with Gasteiger partial charge < -0.3 is 4.90 Å². The van der Waals surface area contributed by atoms with Gasteiger partial charge in [0.1, 0.15) is 5.15 Å². The van der Waals surface area contributed by atoms with Crippen LogP contribution in [0.1, 0.15) is 10.4 Å². The first-order valence-corrected chi connectivity index (χ1v) is 6.75. The monoisotopic (exact) mass is 287 g/mol. The molecule has 6 heteroatoms. The summed E-state index contributed by atoms with van der Waals surface area (Å²) in [6, 6.07) is 3.95. The molecule has 0 aliphatic heterocycles. The van der Waals surface area contributed by atoms with Crippen molar-refractivity contribution < 1.29 is 0 Å². The van der Waals surface area contributed by atoms with E-state index in [-0.39, 0.29) is 0 Å². The van der Waals surface area contributed by atoms with E-state index in [2.05, 4.69) is 9.97 Å². The maximum atomic E-state index is 5.97. The van der Waals surface area contributed by atoms with Crippen LogP contribution in [0, 0.1) is 0 Å². The predicted molar refractivity (Wildman–Crippen MR) is 73.0 cm³/mol. The lowest BCUT2D eigenvalue weighted by molar-refractivity contribution is 0.907. The third kappa shape index (κ3) is 3.09. The Morgan fingerprint density at radius 1 is 1.47 bits per heavy atom. The Morgan fingerprint density at radius 3 is 2.88 bits per heavy atom. The molecule has 17 heavy (non-hydrogen) atoms. The molecule has 0 atom stereocenters. The first kappa shape index (κ1) is 12.6. The average molecular weight is 288 g/mol. The number of anilines is 1. The second-order valence-corrected chi connectivity index (χ2v) is 5.25. The summed E-state index contributed by atoms with van der Waals surface area (Å²) in [5.41, 5.74) is 1.13. The molecule has 0 spiro atoms. The molecule has 0 saturated carbocycles. The molecule has 3 nitrogen and oxygen atoms in total. The van der Waals surface area contributed by atoms with Crippen molar-refractivity contribution in [3.8, 4) is 0 Å². The van der Waals surface area contributed by atoms with Crippen LogP contribution in [0.15, 0.2) is 24.5 Å². The molecule has 90 valence electrons. The van der Waals surface area contributed by atoms with Gasteiger partial charge in [0.2, 0.25) is 0 Å². The van der Waals surface area contributed by atoms with E-state index in [1.165, 1.54) is 11.3 Å². The van der Waals surface area contributed by atoms with Gasteiger partial charge in [-0.2, -0.15) is 0 Å². The van der Waals surface area contributed by atoms with E-state index in [0.717, 1.165) is 22.1 Å². The smallest absolute Gasteiger partial charge is 0.187 e. The SMILES string of the molecule is CN(Cc1cccnc1)c1nc(Cl)c(CCl)s1. The Labute approximate surface area is 114 Å². The van der Waals surface area contributed by atoms with Crippen LogP contribution in [0.5, 0.6) is 0 Å². The van der Waals surface area contributed by atoms with Crippen LogP contribution in [0.3, 0.4) is 0 Å². The van der Waals surface area contributed by atoms with E-state index in [9.17, 15) is 0 Å². The number of alkyl halides is 1. The molecule has 0 saturated heterocycles. The van der Waals surface area contributed by atoms with Gasteiger partial charge >= 0.3 is 0 Å². The van der Waals surface area contributed by atoms with Crippen LogP contribution in [0.4, 0.5) is 5.13 Å². The van der Waals surface area contributed by atoms with Crippen molar-refractivity contribution >= 4 is 39.7 Å². The van der Waals surface area contributed by atoms with Crippen molar-refractivity contribution in [2.45, 2.75) is 12.4 Å². The molecule has 0 fully saturated rings. The molecule has 0 aliphatic rings. The Kier molecular flexibility index (Phi) is 4.20. The van der Waals surface area contributed by atoms with Crippen LogP contribution >= 0.6 is 34.5 Å². The van der Waals surface area contributed by atoms with Crippen molar-refractivity contribution in [3.05, 3.63) is 40.1 Å². The highest BCUT2D eigenvalue weighted by molar-refractivity contribution is 7.16. The van der Waals surface area contributed by atoms with Crippen molar-refractivity contribution in [2.24, 2.45) is 0 Å². The van der Waals surface area contributed by atoms with Gasteiger partial charge in [-0.1, -0.05) is 29.0 Å². The molecule has 2 heterocycles. The largest absolute Gasteiger partial charge is 0.347 e. The zero-order valence-electron chi connectivity index (χ0n) is 9.23. The standard InChI is InChI=1S/C11H11Cl2N3S/c1-16(7-8-3-2-4-14-6-8)11-15-10(13)9(5-12)17-11/h2-4,6H,5,7H2,1H3. The fraction of sp³-hybridized carbons (Fsp3) is 0.273. The minimum absolute atomic E-state index is 0.400. The molecule has 2 aromatic heterocycles. The number of rotatable bonds is 4. The van der Waals surface area contributed by atoms with Crippen LogP contribution in [-0.2, 0) is 12.4 Å². The molecular weight excluding hydrogens is 277 g/mol. The molecule has 2 rings (SSSR count). The molecule has 0 bridgehead atoms. The van der Waals surface area contributed by atoms with E-state index in [1.807, 2.05) is 30.3 Å². The number of hydrogen-bond donors (Lipinski definition) is 0. The molecular formula is C11H11Cl2N3S. The normalized spacial score (nSPS) is 10.5. The summed E-state index contributed by atoms with van der Waals surface area (Å²) < 4.78 is 0. The summed E-state index contributed by atoms with van der Waals surface area (Å²) in [6.45, 7) is 0.749.